The molecule has 31 heavy (non-hydrogen) atoms. The van der Waals surface area contributed by atoms with Crippen molar-refractivity contribution in [3.63, 3.8) is 0 Å². The number of piperidine rings is 1. The molecule has 0 spiro atoms. The zero-order valence-corrected chi connectivity index (χ0v) is 20.9. The number of likely N-dealkylation sites (N-methyl/N-ethyl adjacent to an activating group) is 1. The van der Waals surface area contributed by atoms with Gasteiger partial charge in [-0.15, -0.1) is 0 Å². The number of carbonyl (C=O) groups is 3. The summed E-state index contributed by atoms with van der Waals surface area (Å²) in [6.07, 6.45) is 3.61. The fraction of sp³-hybridized carbons (Fsp3) is 0.792. The molecule has 1 aliphatic heterocycles. The number of nitrogens with zero attached hydrogens (tertiary/aromatic N) is 2. The maximum atomic E-state index is 13.6. The first-order valence-corrected chi connectivity index (χ1v) is 11.4. The smallest absolute Gasteiger partial charge is 0.333 e. The van der Waals surface area contributed by atoms with Gasteiger partial charge < -0.3 is 19.9 Å². The number of likely N-dealkylation sites (tertiary alicyclic amines) is 1. The molecule has 178 valence electrons. The summed E-state index contributed by atoms with van der Waals surface area (Å²) in [6, 6.07) is -0.950. The quantitative estimate of drug-likeness (QED) is 0.467. The van der Waals surface area contributed by atoms with Crippen molar-refractivity contribution < 1.29 is 19.1 Å². The van der Waals surface area contributed by atoms with E-state index in [0.29, 0.717) is 18.7 Å². The van der Waals surface area contributed by atoms with E-state index < -0.39 is 11.5 Å². The van der Waals surface area contributed by atoms with Gasteiger partial charge in [-0.3, -0.25) is 9.59 Å². The predicted molar refractivity (Wildman–Crippen MR) is 123 cm³/mol. The molecule has 1 rings (SSSR count). The molecule has 0 aromatic rings. The van der Waals surface area contributed by atoms with Crippen LogP contribution in [0.5, 0.6) is 0 Å². The maximum absolute atomic E-state index is 13.6. The summed E-state index contributed by atoms with van der Waals surface area (Å²) >= 11 is 0. The molecule has 1 aliphatic rings. The Morgan fingerprint density at radius 1 is 1.26 bits per heavy atom. The average molecular weight is 438 g/mol. The second kappa shape index (κ2) is 11.7. The van der Waals surface area contributed by atoms with Gasteiger partial charge in [0.05, 0.1) is 18.6 Å². The van der Waals surface area contributed by atoms with Gasteiger partial charge >= 0.3 is 5.97 Å². The Bertz CT molecular complexity index is 666. The zero-order valence-electron chi connectivity index (χ0n) is 20.9. The molecule has 1 fully saturated rings. The molecular weight excluding hydrogens is 394 g/mol. The summed E-state index contributed by atoms with van der Waals surface area (Å²) in [5, 5.41) is 3.05. The van der Waals surface area contributed by atoms with Crippen LogP contribution in [0, 0.1) is 17.3 Å². The number of nitrogens with one attached hydrogen (secondary N) is 1. The standard InChI is InChI=1S/C24H43N3O4/c1-10-31-23(30)17(4)14-19(16(2)3)27(9)22(29)20(24(5,6)7)25-21(28)18-12-11-13-26(8)15-18/h14,16,18-20H,10-13,15H2,1-9H3,(H,25,28)/b17-14+/t18?,19-,20-/m1/s1. The molecule has 7 nitrogen and oxygen atoms in total. The zero-order chi connectivity index (χ0) is 23.9. The first-order chi connectivity index (χ1) is 14.3. The van der Waals surface area contributed by atoms with Crippen LogP contribution in [0.2, 0.25) is 0 Å². The molecular formula is C24H43N3O4. The minimum absolute atomic E-state index is 0.0624. The van der Waals surface area contributed by atoms with Gasteiger partial charge in [-0.05, 0) is 51.6 Å². The average Bonchev–Trinajstić information content (AvgIpc) is 2.67. The third kappa shape index (κ3) is 7.95. The number of rotatable bonds is 8. The highest BCUT2D eigenvalue weighted by molar-refractivity contribution is 5.90. The summed E-state index contributed by atoms with van der Waals surface area (Å²) in [5.41, 5.74) is 0.0185. The van der Waals surface area contributed by atoms with Crippen molar-refractivity contribution >= 4 is 17.8 Å². The van der Waals surface area contributed by atoms with Crippen LogP contribution in [0.25, 0.3) is 0 Å². The highest BCUT2D eigenvalue weighted by Gasteiger charge is 2.38. The normalized spacial score (nSPS) is 20.2. The number of amides is 2. The molecule has 3 atom stereocenters. The highest BCUT2D eigenvalue weighted by Crippen LogP contribution is 2.25. The van der Waals surface area contributed by atoms with Gasteiger partial charge in [0.15, 0.2) is 0 Å². The summed E-state index contributed by atoms with van der Waals surface area (Å²) in [6.45, 7) is 15.4. The molecule has 0 aromatic carbocycles. The van der Waals surface area contributed by atoms with Gasteiger partial charge in [0, 0.05) is 19.2 Å². The van der Waals surface area contributed by atoms with E-state index in [1.54, 1.807) is 31.9 Å². The molecule has 7 heteroatoms. The van der Waals surface area contributed by atoms with E-state index in [2.05, 4.69) is 10.2 Å². The first kappa shape index (κ1) is 27.1. The van der Waals surface area contributed by atoms with E-state index in [1.165, 1.54) is 0 Å². The molecule has 1 N–H and O–H groups in total. The Balaban J connectivity index is 3.07. The second-order valence-corrected chi connectivity index (χ2v) is 10.2. The summed E-state index contributed by atoms with van der Waals surface area (Å²) in [4.78, 5) is 42.4. The van der Waals surface area contributed by atoms with Crippen LogP contribution in [-0.4, -0.2) is 73.5 Å². The Morgan fingerprint density at radius 3 is 2.35 bits per heavy atom. The molecule has 1 heterocycles. The Morgan fingerprint density at radius 2 is 1.87 bits per heavy atom. The van der Waals surface area contributed by atoms with E-state index in [0.717, 1.165) is 19.4 Å². The van der Waals surface area contributed by atoms with Crippen molar-refractivity contribution in [1.29, 1.82) is 0 Å². The monoisotopic (exact) mass is 437 g/mol. The number of esters is 1. The number of hydrogen-bond acceptors (Lipinski definition) is 5. The summed E-state index contributed by atoms with van der Waals surface area (Å²) in [5.74, 6) is -0.615. The van der Waals surface area contributed by atoms with E-state index in [4.69, 9.17) is 4.74 Å². The number of carbonyl (C=O) groups excluding carboxylic acids is 3. The lowest BCUT2D eigenvalue weighted by Gasteiger charge is -2.38. The van der Waals surface area contributed by atoms with E-state index >= 15 is 0 Å². The highest BCUT2D eigenvalue weighted by atomic mass is 16.5. The van der Waals surface area contributed by atoms with Gasteiger partial charge in [-0.2, -0.15) is 0 Å². The first-order valence-electron chi connectivity index (χ1n) is 11.4. The number of ether oxygens (including phenoxy) is 1. The Labute approximate surface area is 188 Å². The van der Waals surface area contributed by atoms with Crippen LogP contribution in [-0.2, 0) is 19.1 Å². The fourth-order valence-electron chi connectivity index (χ4n) is 3.96. The van der Waals surface area contributed by atoms with Crippen LogP contribution in [0.15, 0.2) is 11.6 Å². The minimum Gasteiger partial charge on any atom is -0.463 e. The molecule has 0 saturated carbocycles. The maximum Gasteiger partial charge on any atom is 0.333 e. The van der Waals surface area contributed by atoms with E-state index in [9.17, 15) is 14.4 Å². The molecule has 1 unspecified atom stereocenters. The molecule has 0 radical (unpaired) electrons. The predicted octanol–water partition coefficient (Wildman–Crippen LogP) is 2.85. The SMILES string of the molecule is CCOC(=O)/C(C)=C/[C@H](C(C)C)N(C)C(=O)[C@@H](NC(=O)C1CCCN(C)C1)C(C)(C)C. The van der Waals surface area contributed by atoms with Gasteiger partial charge in [-0.25, -0.2) is 4.79 Å². The van der Waals surface area contributed by atoms with E-state index in [1.807, 2.05) is 41.7 Å². The molecule has 1 saturated heterocycles. The van der Waals surface area contributed by atoms with Crippen LogP contribution in [0.4, 0.5) is 0 Å². The summed E-state index contributed by atoms with van der Waals surface area (Å²) < 4.78 is 5.08. The van der Waals surface area contributed by atoms with E-state index in [-0.39, 0.29) is 35.7 Å². The lowest BCUT2D eigenvalue weighted by atomic mass is 9.84. The topological polar surface area (TPSA) is 79.0 Å². The van der Waals surface area contributed by atoms with Crippen LogP contribution < -0.4 is 5.32 Å². The third-order valence-corrected chi connectivity index (χ3v) is 5.89. The Kier molecular flexibility index (Phi) is 10.2. The van der Waals surface area contributed by atoms with Crippen LogP contribution >= 0.6 is 0 Å². The minimum atomic E-state index is -0.658. The molecule has 2 amide bonds. The van der Waals surface area contributed by atoms with Gasteiger partial charge in [-0.1, -0.05) is 40.7 Å². The van der Waals surface area contributed by atoms with Crippen molar-refractivity contribution in [2.24, 2.45) is 17.3 Å². The second-order valence-electron chi connectivity index (χ2n) is 10.2. The van der Waals surface area contributed by atoms with Crippen molar-refractivity contribution in [1.82, 2.24) is 15.1 Å². The lowest BCUT2D eigenvalue weighted by molar-refractivity contribution is -0.141. The fourth-order valence-corrected chi connectivity index (χ4v) is 3.96. The van der Waals surface area contributed by atoms with Crippen molar-refractivity contribution in [2.75, 3.05) is 33.8 Å². The largest absolute Gasteiger partial charge is 0.463 e. The van der Waals surface area contributed by atoms with Crippen molar-refractivity contribution in [2.45, 2.75) is 73.4 Å². The van der Waals surface area contributed by atoms with Crippen molar-refractivity contribution in [3.8, 4) is 0 Å². The summed E-state index contributed by atoms with van der Waals surface area (Å²) in [7, 11) is 3.76. The Hall–Kier alpha value is -1.89. The molecule has 0 bridgehead atoms. The van der Waals surface area contributed by atoms with Crippen LogP contribution in [0.1, 0.15) is 61.3 Å². The lowest BCUT2D eigenvalue weighted by Crippen LogP contribution is -2.58. The third-order valence-electron chi connectivity index (χ3n) is 5.89. The van der Waals surface area contributed by atoms with Gasteiger partial charge in [0.2, 0.25) is 11.8 Å². The van der Waals surface area contributed by atoms with Crippen LogP contribution in [0.3, 0.4) is 0 Å². The van der Waals surface area contributed by atoms with Crippen molar-refractivity contribution in [3.05, 3.63) is 11.6 Å². The van der Waals surface area contributed by atoms with Gasteiger partial charge in [0.1, 0.15) is 6.04 Å². The molecule has 0 aliphatic carbocycles. The molecule has 0 aromatic heterocycles. The van der Waals surface area contributed by atoms with Gasteiger partial charge in [0.25, 0.3) is 0 Å². The number of hydrogen-bond donors (Lipinski definition) is 1.